The van der Waals surface area contributed by atoms with Crippen molar-refractivity contribution in [1.29, 1.82) is 5.26 Å². The van der Waals surface area contributed by atoms with Gasteiger partial charge in [0, 0.05) is 13.6 Å². The van der Waals surface area contributed by atoms with Crippen molar-refractivity contribution in [3.05, 3.63) is 29.8 Å². The Kier molecular flexibility index (Phi) is 6.95. The van der Waals surface area contributed by atoms with Crippen molar-refractivity contribution < 1.29 is 0 Å². The van der Waals surface area contributed by atoms with E-state index >= 15 is 0 Å². The SMILES string of the molecule is CCCC(CS)(CCC)CN(C)c1ccccc1C#N. The van der Waals surface area contributed by atoms with Crippen LogP contribution < -0.4 is 4.90 Å². The molecule has 0 saturated heterocycles. The van der Waals surface area contributed by atoms with Gasteiger partial charge in [-0.25, -0.2) is 0 Å². The van der Waals surface area contributed by atoms with Crippen molar-refractivity contribution >= 4 is 18.3 Å². The lowest BCUT2D eigenvalue weighted by molar-refractivity contribution is 0.282. The monoisotopic (exact) mass is 290 g/mol. The van der Waals surface area contributed by atoms with E-state index < -0.39 is 0 Å². The zero-order valence-electron chi connectivity index (χ0n) is 12.9. The maximum atomic E-state index is 9.24. The largest absolute Gasteiger partial charge is 0.373 e. The first-order valence-corrected chi connectivity index (χ1v) is 8.07. The molecule has 0 atom stereocenters. The smallest absolute Gasteiger partial charge is 0.101 e. The second kappa shape index (κ2) is 8.21. The van der Waals surface area contributed by atoms with Crippen LogP contribution in [0.15, 0.2) is 24.3 Å². The minimum Gasteiger partial charge on any atom is -0.373 e. The van der Waals surface area contributed by atoms with Gasteiger partial charge in [0.1, 0.15) is 6.07 Å². The Morgan fingerprint density at radius 1 is 1.20 bits per heavy atom. The van der Waals surface area contributed by atoms with Gasteiger partial charge in [0.2, 0.25) is 0 Å². The molecule has 0 unspecified atom stereocenters. The van der Waals surface area contributed by atoms with Gasteiger partial charge in [-0.15, -0.1) is 0 Å². The van der Waals surface area contributed by atoms with Crippen LogP contribution in [0.25, 0.3) is 0 Å². The Labute approximate surface area is 129 Å². The van der Waals surface area contributed by atoms with Crippen molar-refractivity contribution in [2.75, 3.05) is 24.2 Å². The molecule has 0 saturated carbocycles. The number of rotatable bonds is 8. The van der Waals surface area contributed by atoms with E-state index in [2.05, 4.69) is 44.5 Å². The fraction of sp³-hybridized carbons (Fsp3) is 0.588. The zero-order chi connectivity index (χ0) is 15.0. The van der Waals surface area contributed by atoms with Crippen LogP contribution in [0.5, 0.6) is 0 Å². The molecular weight excluding hydrogens is 264 g/mol. The standard InChI is InChI=1S/C17H26N2S/c1-4-10-17(14-20,11-5-2)13-19(3)16-9-7-6-8-15(16)12-18/h6-9,20H,4-5,10-11,13-14H2,1-3H3. The molecule has 20 heavy (non-hydrogen) atoms. The fourth-order valence-electron chi connectivity index (χ4n) is 3.04. The van der Waals surface area contributed by atoms with Gasteiger partial charge in [0.15, 0.2) is 0 Å². The van der Waals surface area contributed by atoms with Crippen molar-refractivity contribution in [2.45, 2.75) is 39.5 Å². The minimum absolute atomic E-state index is 0.240. The average Bonchev–Trinajstić information content (AvgIpc) is 2.47. The van der Waals surface area contributed by atoms with Gasteiger partial charge in [0.25, 0.3) is 0 Å². The third-order valence-electron chi connectivity index (χ3n) is 3.90. The third-order valence-corrected chi connectivity index (χ3v) is 4.58. The quantitative estimate of drug-likeness (QED) is 0.713. The summed E-state index contributed by atoms with van der Waals surface area (Å²) in [6.07, 6.45) is 4.72. The Morgan fingerprint density at radius 2 is 1.80 bits per heavy atom. The first-order valence-electron chi connectivity index (χ1n) is 7.43. The van der Waals surface area contributed by atoms with Gasteiger partial charge in [-0.2, -0.15) is 17.9 Å². The van der Waals surface area contributed by atoms with E-state index in [9.17, 15) is 5.26 Å². The van der Waals surface area contributed by atoms with E-state index in [-0.39, 0.29) is 5.41 Å². The van der Waals surface area contributed by atoms with Gasteiger partial charge in [-0.05, 0) is 36.1 Å². The van der Waals surface area contributed by atoms with Crippen molar-refractivity contribution in [1.82, 2.24) is 0 Å². The van der Waals surface area contributed by atoms with Crippen LogP contribution in [0.3, 0.4) is 0 Å². The Balaban J connectivity index is 2.95. The highest BCUT2D eigenvalue weighted by atomic mass is 32.1. The molecule has 0 bridgehead atoms. The fourth-order valence-corrected chi connectivity index (χ4v) is 3.46. The summed E-state index contributed by atoms with van der Waals surface area (Å²) >= 11 is 4.61. The number of anilines is 1. The molecule has 0 N–H and O–H groups in total. The predicted molar refractivity (Wildman–Crippen MR) is 90.5 cm³/mol. The minimum atomic E-state index is 0.240. The summed E-state index contributed by atoms with van der Waals surface area (Å²) in [7, 11) is 2.08. The van der Waals surface area contributed by atoms with E-state index in [1.165, 1.54) is 25.7 Å². The van der Waals surface area contributed by atoms with Crippen LogP contribution in [-0.2, 0) is 0 Å². The summed E-state index contributed by atoms with van der Waals surface area (Å²) in [5, 5.41) is 9.24. The summed E-state index contributed by atoms with van der Waals surface area (Å²) in [5.41, 5.74) is 2.01. The molecule has 110 valence electrons. The molecule has 1 aromatic carbocycles. The summed E-state index contributed by atoms with van der Waals surface area (Å²) in [6, 6.07) is 10.1. The van der Waals surface area contributed by atoms with E-state index in [1.54, 1.807) is 0 Å². The molecule has 3 heteroatoms. The van der Waals surface area contributed by atoms with Crippen LogP contribution in [0.2, 0.25) is 0 Å². The average molecular weight is 290 g/mol. The van der Waals surface area contributed by atoms with Crippen LogP contribution in [0.1, 0.15) is 45.1 Å². The lowest BCUT2D eigenvalue weighted by Crippen LogP contribution is -2.37. The topological polar surface area (TPSA) is 27.0 Å². The first kappa shape index (κ1) is 16.9. The van der Waals surface area contributed by atoms with E-state index in [4.69, 9.17) is 0 Å². The zero-order valence-corrected chi connectivity index (χ0v) is 13.8. The molecule has 1 rings (SSSR count). The normalized spacial score (nSPS) is 11.2. The highest BCUT2D eigenvalue weighted by Crippen LogP contribution is 2.34. The summed E-state index contributed by atoms with van der Waals surface area (Å²) in [4.78, 5) is 2.22. The number of hydrogen-bond acceptors (Lipinski definition) is 3. The summed E-state index contributed by atoms with van der Waals surface area (Å²) in [5.74, 6) is 0.897. The predicted octanol–water partition coefficient (Wildman–Crippen LogP) is 4.51. The van der Waals surface area contributed by atoms with Crippen molar-refractivity contribution in [3.8, 4) is 6.07 Å². The third kappa shape index (κ3) is 4.18. The number of para-hydroxylation sites is 1. The molecule has 1 aromatic rings. The lowest BCUT2D eigenvalue weighted by Gasteiger charge is -2.37. The molecule has 0 aliphatic rings. The number of thiol groups is 1. The summed E-state index contributed by atoms with van der Waals surface area (Å²) in [6.45, 7) is 5.42. The molecule has 2 nitrogen and oxygen atoms in total. The molecular formula is C17H26N2S. The Bertz CT molecular complexity index is 445. The van der Waals surface area contributed by atoms with Crippen molar-refractivity contribution in [2.24, 2.45) is 5.41 Å². The molecule has 0 fully saturated rings. The van der Waals surface area contributed by atoms with Gasteiger partial charge in [-0.1, -0.05) is 38.8 Å². The second-order valence-electron chi connectivity index (χ2n) is 5.64. The number of nitrogens with zero attached hydrogens (tertiary/aromatic N) is 2. The number of nitriles is 1. The van der Waals surface area contributed by atoms with Crippen molar-refractivity contribution in [3.63, 3.8) is 0 Å². The van der Waals surface area contributed by atoms with E-state index in [0.717, 1.165) is 23.5 Å². The van der Waals surface area contributed by atoms with Crippen LogP contribution >= 0.6 is 12.6 Å². The molecule has 0 spiro atoms. The first-order chi connectivity index (χ1) is 9.62. The summed E-state index contributed by atoms with van der Waals surface area (Å²) < 4.78 is 0. The van der Waals surface area contributed by atoms with Gasteiger partial charge in [-0.3, -0.25) is 0 Å². The number of benzene rings is 1. The highest BCUT2D eigenvalue weighted by Gasteiger charge is 2.29. The molecule has 0 amide bonds. The molecule has 0 heterocycles. The molecule has 0 aliphatic carbocycles. The molecule has 0 radical (unpaired) electrons. The van der Waals surface area contributed by atoms with E-state index in [1.807, 2.05) is 24.3 Å². The van der Waals surface area contributed by atoms with Gasteiger partial charge in [0.05, 0.1) is 11.3 Å². The van der Waals surface area contributed by atoms with Crippen LogP contribution in [0.4, 0.5) is 5.69 Å². The molecule has 0 aromatic heterocycles. The number of hydrogen-bond donors (Lipinski definition) is 1. The van der Waals surface area contributed by atoms with Crippen LogP contribution in [0, 0.1) is 16.7 Å². The Morgan fingerprint density at radius 3 is 2.30 bits per heavy atom. The lowest BCUT2D eigenvalue weighted by atomic mass is 9.80. The maximum absolute atomic E-state index is 9.24. The van der Waals surface area contributed by atoms with Gasteiger partial charge < -0.3 is 4.90 Å². The van der Waals surface area contributed by atoms with E-state index in [0.29, 0.717) is 0 Å². The van der Waals surface area contributed by atoms with Crippen LogP contribution in [-0.4, -0.2) is 19.3 Å². The maximum Gasteiger partial charge on any atom is 0.101 e. The molecule has 0 aliphatic heterocycles. The van der Waals surface area contributed by atoms with Gasteiger partial charge >= 0.3 is 0 Å². The second-order valence-corrected chi connectivity index (χ2v) is 5.96. The Hall–Kier alpha value is -1.14. The highest BCUT2D eigenvalue weighted by molar-refractivity contribution is 7.80.